The Kier molecular flexibility index (Phi) is 3.47. The highest BCUT2D eigenvalue weighted by molar-refractivity contribution is 5.75. The Hall–Kier alpha value is -0.770. The van der Waals surface area contributed by atoms with Crippen molar-refractivity contribution in [2.45, 2.75) is 69.9 Å². The summed E-state index contributed by atoms with van der Waals surface area (Å²) in [6.07, 6.45) is 8.28. The maximum Gasteiger partial charge on any atom is 0.315 e. The molecule has 1 atom stereocenters. The van der Waals surface area contributed by atoms with Crippen LogP contribution < -0.4 is 10.6 Å². The van der Waals surface area contributed by atoms with E-state index in [0.717, 1.165) is 37.0 Å². The number of nitrogens with one attached hydrogen (secondary N) is 2. The Labute approximate surface area is 121 Å². The van der Waals surface area contributed by atoms with Gasteiger partial charge in [-0.3, -0.25) is 0 Å². The molecule has 0 heterocycles. The van der Waals surface area contributed by atoms with Gasteiger partial charge in [0, 0.05) is 12.1 Å². The summed E-state index contributed by atoms with van der Waals surface area (Å²) in [6, 6.07) is -0.0966. The van der Waals surface area contributed by atoms with Crippen LogP contribution in [-0.4, -0.2) is 28.8 Å². The quantitative estimate of drug-likeness (QED) is 0.740. The molecule has 0 aliphatic heterocycles. The van der Waals surface area contributed by atoms with Crippen LogP contribution >= 0.6 is 0 Å². The molecule has 0 aromatic carbocycles. The third-order valence-corrected chi connectivity index (χ3v) is 5.81. The molecule has 2 amide bonds. The smallest absolute Gasteiger partial charge is 0.315 e. The Morgan fingerprint density at radius 1 is 1.20 bits per heavy atom. The molecule has 4 aliphatic rings. The van der Waals surface area contributed by atoms with Crippen LogP contribution in [0.3, 0.4) is 0 Å². The number of hydrogen-bond donors (Lipinski definition) is 3. The average Bonchev–Trinajstić information content (AvgIpc) is 2.34. The van der Waals surface area contributed by atoms with E-state index in [1.54, 1.807) is 6.92 Å². The molecule has 4 aliphatic carbocycles. The van der Waals surface area contributed by atoms with E-state index in [4.69, 9.17) is 0 Å². The second-order valence-corrected chi connectivity index (χ2v) is 7.86. The Bertz CT molecular complexity index is 357. The number of amides is 2. The highest BCUT2D eigenvalue weighted by Crippen LogP contribution is 2.55. The number of carbonyl (C=O) groups excluding carboxylic acids is 1. The van der Waals surface area contributed by atoms with Gasteiger partial charge in [0.15, 0.2) is 0 Å². The zero-order chi connectivity index (χ0) is 14.4. The molecule has 1 unspecified atom stereocenters. The molecule has 3 N–H and O–H groups in total. The number of hydrogen-bond acceptors (Lipinski definition) is 2. The van der Waals surface area contributed by atoms with Gasteiger partial charge in [0.2, 0.25) is 0 Å². The lowest BCUT2D eigenvalue weighted by atomic mass is 9.53. The molecular formula is C16H28N2O2. The van der Waals surface area contributed by atoms with E-state index in [-0.39, 0.29) is 11.6 Å². The third-order valence-electron chi connectivity index (χ3n) is 5.81. The maximum absolute atomic E-state index is 12.2. The summed E-state index contributed by atoms with van der Waals surface area (Å²) in [4.78, 5) is 12.2. The summed E-state index contributed by atoms with van der Waals surface area (Å²) in [6.45, 7) is 4.01. The predicted octanol–water partition coefficient (Wildman–Crippen LogP) is 2.42. The van der Waals surface area contributed by atoms with E-state index >= 15 is 0 Å². The minimum atomic E-state index is -0.807. The molecule has 4 bridgehead atoms. The van der Waals surface area contributed by atoms with Gasteiger partial charge in [-0.2, -0.15) is 0 Å². The zero-order valence-electron chi connectivity index (χ0n) is 12.7. The van der Waals surface area contributed by atoms with Crippen molar-refractivity contribution < 1.29 is 9.90 Å². The largest absolute Gasteiger partial charge is 0.388 e. The van der Waals surface area contributed by atoms with Crippen molar-refractivity contribution in [2.75, 3.05) is 6.54 Å². The predicted molar refractivity (Wildman–Crippen MR) is 78.4 cm³/mol. The van der Waals surface area contributed by atoms with Gasteiger partial charge in [0.1, 0.15) is 0 Å². The second kappa shape index (κ2) is 4.90. The van der Waals surface area contributed by atoms with Gasteiger partial charge >= 0.3 is 6.03 Å². The molecule has 4 rings (SSSR count). The highest BCUT2D eigenvalue weighted by Gasteiger charge is 2.51. The van der Waals surface area contributed by atoms with Crippen LogP contribution in [0.25, 0.3) is 0 Å². The van der Waals surface area contributed by atoms with Gasteiger partial charge in [-0.25, -0.2) is 4.79 Å². The summed E-state index contributed by atoms with van der Waals surface area (Å²) in [5.41, 5.74) is -0.754. The van der Waals surface area contributed by atoms with Crippen molar-refractivity contribution in [1.82, 2.24) is 10.6 Å². The average molecular weight is 280 g/mol. The van der Waals surface area contributed by atoms with Crippen LogP contribution in [0, 0.1) is 17.8 Å². The number of urea groups is 1. The van der Waals surface area contributed by atoms with E-state index in [9.17, 15) is 9.90 Å². The molecule has 0 spiro atoms. The first-order chi connectivity index (χ1) is 9.40. The van der Waals surface area contributed by atoms with Crippen molar-refractivity contribution in [3.05, 3.63) is 0 Å². The van der Waals surface area contributed by atoms with Crippen molar-refractivity contribution in [2.24, 2.45) is 17.8 Å². The fourth-order valence-electron chi connectivity index (χ4n) is 4.94. The number of aliphatic hydroxyl groups is 1. The first-order valence-electron chi connectivity index (χ1n) is 8.18. The van der Waals surface area contributed by atoms with Crippen LogP contribution in [-0.2, 0) is 0 Å². The second-order valence-electron chi connectivity index (χ2n) is 7.86. The molecule has 0 radical (unpaired) electrons. The first kappa shape index (κ1) is 14.2. The fourth-order valence-corrected chi connectivity index (χ4v) is 4.94. The van der Waals surface area contributed by atoms with Crippen molar-refractivity contribution in [3.8, 4) is 0 Å². The molecule has 4 saturated carbocycles. The monoisotopic (exact) mass is 280 g/mol. The minimum Gasteiger partial charge on any atom is -0.388 e. The van der Waals surface area contributed by atoms with Gasteiger partial charge in [0.25, 0.3) is 0 Å². The van der Waals surface area contributed by atoms with Crippen molar-refractivity contribution in [1.29, 1.82) is 0 Å². The lowest BCUT2D eigenvalue weighted by molar-refractivity contribution is -0.0141. The molecule has 0 saturated heterocycles. The topological polar surface area (TPSA) is 61.4 Å². The van der Waals surface area contributed by atoms with Gasteiger partial charge in [0.05, 0.1) is 5.60 Å². The van der Waals surface area contributed by atoms with Crippen LogP contribution in [0.15, 0.2) is 0 Å². The van der Waals surface area contributed by atoms with Crippen molar-refractivity contribution in [3.63, 3.8) is 0 Å². The summed E-state index contributed by atoms with van der Waals surface area (Å²) in [5, 5.41) is 16.1. The molecule has 20 heavy (non-hydrogen) atoms. The molecule has 4 fully saturated rings. The summed E-state index contributed by atoms with van der Waals surface area (Å²) in [7, 11) is 0. The zero-order valence-corrected chi connectivity index (χ0v) is 12.7. The van der Waals surface area contributed by atoms with Crippen molar-refractivity contribution >= 4 is 6.03 Å². The lowest BCUT2D eigenvalue weighted by Crippen LogP contribution is -2.62. The Morgan fingerprint density at radius 3 is 2.15 bits per heavy atom. The van der Waals surface area contributed by atoms with Gasteiger partial charge < -0.3 is 15.7 Å². The van der Waals surface area contributed by atoms with Gasteiger partial charge in [-0.05, 0) is 69.6 Å². The van der Waals surface area contributed by atoms with Crippen LogP contribution in [0.4, 0.5) is 4.79 Å². The Morgan fingerprint density at radius 2 is 1.70 bits per heavy atom. The first-order valence-corrected chi connectivity index (χ1v) is 8.18. The molecule has 0 aromatic rings. The summed E-state index contributed by atoms with van der Waals surface area (Å²) < 4.78 is 0. The fraction of sp³-hybridized carbons (Fsp3) is 0.938. The summed E-state index contributed by atoms with van der Waals surface area (Å²) >= 11 is 0. The number of rotatable bonds is 4. The molecule has 0 aromatic heterocycles. The SMILES string of the molecule is CCC(C)(O)CNC(=O)NC12CC3CC(CC(C3)C1)C2. The van der Waals surface area contributed by atoms with Crippen LogP contribution in [0.2, 0.25) is 0 Å². The highest BCUT2D eigenvalue weighted by atomic mass is 16.3. The molecule has 114 valence electrons. The van der Waals surface area contributed by atoms with E-state index in [1.807, 2.05) is 6.92 Å². The maximum atomic E-state index is 12.2. The number of carbonyl (C=O) groups is 1. The van der Waals surface area contributed by atoms with Gasteiger partial charge in [-0.15, -0.1) is 0 Å². The van der Waals surface area contributed by atoms with E-state index in [1.165, 1.54) is 19.3 Å². The Balaban J connectivity index is 1.56. The molecular weight excluding hydrogens is 252 g/mol. The minimum absolute atomic E-state index is 0.0525. The molecule has 4 heteroatoms. The summed E-state index contributed by atoms with van der Waals surface area (Å²) in [5.74, 6) is 2.50. The van der Waals surface area contributed by atoms with Gasteiger partial charge in [-0.1, -0.05) is 6.92 Å². The third kappa shape index (κ3) is 2.80. The van der Waals surface area contributed by atoms with Crippen LogP contribution in [0.1, 0.15) is 58.8 Å². The van der Waals surface area contributed by atoms with E-state index in [0.29, 0.717) is 13.0 Å². The normalized spacial score (nSPS) is 41.2. The van der Waals surface area contributed by atoms with E-state index in [2.05, 4.69) is 10.6 Å². The lowest BCUT2D eigenvalue weighted by Gasteiger charge is -2.56. The van der Waals surface area contributed by atoms with Crippen LogP contribution in [0.5, 0.6) is 0 Å². The standard InChI is InChI=1S/C16H28N2O2/c1-3-15(2,20)10-17-14(19)18-16-7-11-4-12(8-16)6-13(5-11)9-16/h11-13,20H,3-10H2,1-2H3,(H2,17,18,19). The van der Waals surface area contributed by atoms with E-state index < -0.39 is 5.60 Å². The molecule has 4 nitrogen and oxygen atoms in total.